The number of aromatic nitrogens is 1. The van der Waals surface area contributed by atoms with Crippen molar-refractivity contribution in [3.05, 3.63) is 86.1 Å². The van der Waals surface area contributed by atoms with Crippen molar-refractivity contribution in [1.82, 2.24) is 4.98 Å². The Kier molecular flexibility index (Phi) is 5.17. The molecular formula is C22H14ClN3O2S. The number of nitrogens with zero attached hydrogens (tertiary/aromatic N) is 2. The fraction of sp³-hybridized carbons (Fsp3) is 0.0455. The Morgan fingerprint density at radius 2 is 2.10 bits per heavy atom. The molecule has 0 spiro atoms. The maximum absolute atomic E-state index is 12.4. The zero-order valence-corrected chi connectivity index (χ0v) is 16.8. The Hall–Kier alpha value is -3.40. The van der Waals surface area contributed by atoms with Crippen molar-refractivity contribution >= 4 is 45.2 Å². The van der Waals surface area contributed by atoms with Crippen LogP contribution in [0.25, 0.3) is 27.8 Å². The maximum atomic E-state index is 12.4. The molecule has 0 radical (unpaired) electrons. The predicted octanol–water partition coefficient (Wildman–Crippen LogP) is 5.85. The van der Waals surface area contributed by atoms with E-state index >= 15 is 0 Å². The Labute approximate surface area is 175 Å². The SMILES string of the molecule is Cc1ccc(Cl)cc1NC=C(C#N)c1nc(-c2cc3ccccc3oc2=O)cs1. The number of nitrogens with one attached hydrogen (secondary N) is 1. The van der Waals surface area contributed by atoms with Crippen molar-refractivity contribution in [2.45, 2.75) is 6.92 Å². The Balaban J connectivity index is 1.67. The molecule has 4 rings (SSSR count). The number of anilines is 1. The van der Waals surface area contributed by atoms with Gasteiger partial charge >= 0.3 is 5.63 Å². The van der Waals surface area contributed by atoms with Gasteiger partial charge in [0.2, 0.25) is 0 Å². The van der Waals surface area contributed by atoms with Crippen molar-refractivity contribution in [3.63, 3.8) is 0 Å². The molecule has 7 heteroatoms. The molecule has 4 aromatic rings. The number of halogens is 1. The van der Waals surface area contributed by atoms with E-state index in [2.05, 4.69) is 16.4 Å². The van der Waals surface area contributed by atoms with Gasteiger partial charge in [-0.3, -0.25) is 0 Å². The zero-order valence-electron chi connectivity index (χ0n) is 15.3. The summed E-state index contributed by atoms with van der Waals surface area (Å²) < 4.78 is 5.38. The van der Waals surface area contributed by atoms with Crippen LogP contribution in [0, 0.1) is 18.3 Å². The molecule has 29 heavy (non-hydrogen) atoms. The highest BCUT2D eigenvalue weighted by Gasteiger charge is 2.14. The summed E-state index contributed by atoms with van der Waals surface area (Å²) in [4.78, 5) is 16.8. The fourth-order valence-electron chi connectivity index (χ4n) is 2.80. The second kappa shape index (κ2) is 7.92. The van der Waals surface area contributed by atoms with Crippen molar-refractivity contribution in [2.75, 3.05) is 5.32 Å². The van der Waals surface area contributed by atoms with Gasteiger partial charge in [-0.25, -0.2) is 9.78 Å². The summed E-state index contributed by atoms with van der Waals surface area (Å²) >= 11 is 7.32. The van der Waals surface area contributed by atoms with Crippen LogP contribution in [-0.2, 0) is 0 Å². The van der Waals surface area contributed by atoms with Crippen LogP contribution in [0.2, 0.25) is 5.02 Å². The molecule has 2 heterocycles. The Morgan fingerprint density at radius 3 is 2.93 bits per heavy atom. The van der Waals surface area contributed by atoms with Crippen LogP contribution in [-0.4, -0.2) is 4.98 Å². The molecule has 142 valence electrons. The van der Waals surface area contributed by atoms with E-state index in [1.165, 1.54) is 11.3 Å². The van der Waals surface area contributed by atoms with E-state index in [0.29, 0.717) is 32.4 Å². The van der Waals surface area contributed by atoms with Gasteiger partial charge in [0.05, 0.1) is 11.3 Å². The van der Waals surface area contributed by atoms with Gasteiger partial charge in [-0.1, -0.05) is 35.9 Å². The van der Waals surface area contributed by atoms with Crippen molar-refractivity contribution < 1.29 is 4.42 Å². The number of hydrogen-bond acceptors (Lipinski definition) is 6. The summed E-state index contributed by atoms with van der Waals surface area (Å²) in [6, 6.07) is 16.7. The first-order chi connectivity index (χ1) is 14.0. The summed E-state index contributed by atoms with van der Waals surface area (Å²) in [5.41, 5.74) is 3.05. The lowest BCUT2D eigenvalue weighted by atomic mass is 10.1. The standard InChI is InChI=1S/C22H14ClN3O2S/c1-13-6-7-16(23)9-18(13)25-11-15(10-24)21-26-19(12-29-21)17-8-14-4-2-3-5-20(14)28-22(17)27/h2-9,11-12,25H,1H3. The highest BCUT2D eigenvalue weighted by molar-refractivity contribution is 7.11. The van der Waals surface area contributed by atoms with Gasteiger partial charge in [0.25, 0.3) is 0 Å². The molecule has 0 unspecified atom stereocenters. The first kappa shape index (κ1) is 18.9. The normalized spacial score (nSPS) is 11.4. The van der Waals surface area contributed by atoms with E-state index in [1.54, 1.807) is 35.8 Å². The topological polar surface area (TPSA) is 78.9 Å². The minimum Gasteiger partial charge on any atom is -0.422 e. The molecule has 0 aliphatic carbocycles. The summed E-state index contributed by atoms with van der Waals surface area (Å²) in [7, 11) is 0. The highest BCUT2D eigenvalue weighted by Crippen LogP contribution is 2.27. The molecule has 1 N–H and O–H groups in total. The van der Waals surface area contributed by atoms with Crippen molar-refractivity contribution in [3.8, 4) is 17.3 Å². The third kappa shape index (κ3) is 3.92. The number of nitriles is 1. The summed E-state index contributed by atoms with van der Waals surface area (Å²) in [6.07, 6.45) is 1.59. The van der Waals surface area contributed by atoms with Gasteiger partial charge < -0.3 is 9.73 Å². The molecule has 0 saturated carbocycles. The molecular weight excluding hydrogens is 406 g/mol. The van der Waals surface area contributed by atoms with Gasteiger partial charge in [-0.05, 0) is 36.8 Å². The highest BCUT2D eigenvalue weighted by atomic mass is 35.5. The average molecular weight is 420 g/mol. The first-order valence-corrected chi connectivity index (χ1v) is 9.93. The third-order valence-corrected chi connectivity index (χ3v) is 5.45. The molecule has 0 aliphatic rings. The monoisotopic (exact) mass is 419 g/mol. The second-order valence-electron chi connectivity index (χ2n) is 6.30. The third-order valence-electron chi connectivity index (χ3n) is 4.34. The van der Waals surface area contributed by atoms with E-state index in [0.717, 1.165) is 16.6 Å². The summed E-state index contributed by atoms with van der Waals surface area (Å²) in [5.74, 6) is 0. The molecule has 0 bridgehead atoms. The number of allylic oxidation sites excluding steroid dienone is 1. The van der Waals surface area contributed by atoms with E-state index in [9.17, 15) is 10.1 Å². The lowest BCUT2D eigenvalue weighted by molar-refractivity contribution is 0.563. The number of hydrogen-bond donors (Lipinski definition) is 1. The zero-order chi connectivity index (χ0) is 20.4. The smallest absolute Gasteiger partial charge is 0.345 e. The second-order valence-corrected chi connectivity index (χ2v) is 7.59. The minimum atomic E-state index is -0.462. The number of aryl methyl sites for hydroxylation is 1. The van der Waals surface area contributed by atoms with E-state index in [4.69, 9.17) is 16.0 Å². The fourth-order valence-corrected chi connectivity index (χ4v) is 3.76. The average Bonchev–Trinajstić information content (AvgIpc) is 3.20. The Morgan fingerprint density at radius 1 is 1.28 bits per heavy atom. The Bertz CT molecular complexity index is 1350. The molecule has 0 saturated heterocycles. The quantitative estimate of drug-likeness (QED) is 0.331. The number of thiazole rings is 1. The number of fused-ring (bicyclic) bond motifs is 1. The molecule has 0 aliphatic heterocycles. The maximum Gasteiger partial charge on any atom is 0.345 e. The van der Waals surface area contributed by atoms with Crippen molar-refractivity contribution in [2.24, 2.45) is 0 Å². The van der Waals surface area contributed by atoms with Gasteiger partial charge in [0, 0.05) is 27.7 Å². The molecule has 2 aromatic heterocycles. The molecule has 2 aromatic carbocycles. The van der Waals surface area contributed by atoms with Crippen LogP contribution < -0.4 is 10.9 Å². The molecule has 0 amide bonds. The summed E-state index contributed by atoms with van der Waals surface area (Å²) in [6.45, 7) is 1.94. The van der Waals surface area contributed by atoms with Gasteiger partial charge in [0.1, 0.15) is 22.2 Å². The van der Waals surface area contributed by atoms with E-state index < -0.39 is 5.63 Å². The summed E-state index contributed by atoms with van der Waals surface area (Å²) in [5, 5.41) is 16.3. The van der Waals surface area contributed by atoms with E-state index in [1.807, 2.05) is 31.2 Å². The first-order valence-electron chi connectivity index (χ1n) is 8.67. The van der Waals surface area contributed by atoms with Crippen LogP contribution >= 0.6 is 22.9 Å². The molecule has 5 nitrogen and oxygen atoms in total. The molecule has 0 atom stereocenters. The molecule has 0 fully saturated rings. The number of rotatable bonds is 4. The number of para-hydroxylation sites is 1. The van der Waals surface area contributed by atoms with Gasteiger partial charge in [-0.15, -0.1) is 11.3 Å². The lowest BCUT2D eigenvalue weighted by Crippen LogP contribution is -2.02. The van der Waals surface area contributed by atoms with Gasteiger partial charge in [-0.2, -0.15) is 5.26 Å². The van der Waals surface area contributed by atoms with Gasteiger partial charge in [0.15, 0.2) is 0 Å². The number of benzene rings is 2. The predicted molar refractivity (Wildman–Crippen MR) is 117 cm³/mol. The van der Waals surface area contributed by atoms with Crippen molar-refractivity contribution in [1.29, 1.82) is 5.26 Å². The van der Waals surface area contributed by atoms with Crippen LogP contribution in [0.5, 0.6) is 0 Å². The minimum absolute atomic E-state index is 0.353. The van der Waals surface area contributed by atoms with Crippen LogP contribution in [0.3, 0.4) is 0 Å². The van der Waals surface area contributed by atoms with Crippen LogP contribution in [0.1, 0.15) is 10.6 Å². The van der Waals surface area contributed by atoms with Crippen LogP contribution in [0.4, 0.5) is 5.69 Å². The largest absolute Gasteiger partial charge is 0.422 e. The lowest BCUT2D eigenvalue weighted by Gasteiger charge is -2.06. The van der Waals surface area contributed by atoms with E-state index in [-0.39, 0.29) is 0 Å². The van der Waals surface area contributed by atoms with Crippen LogP contribution in [0.15, 0.2) is 69.3 Å².